The summed E-state index contributed by atoms with van der Waals surface area (Å²) in [6.07, 6.45) is 3.10. The lowest BCUT2D eigenvalue weighted by Gasteiger charge is -2.00. The Morgan fingerprint density at radius 2 is 2.04 bits per heavy atom. The molecule has 26 heavy (non-hydrogen) atoms. The fourth-order valence-electron chi connectivity index (χ4n) is 2.25. The number of hydrogen-bond acceptors (Lipinski definition) is 6. The van der Waals surface area contributed by atoms with Gasteiger partial charge in [0.2, 0.25) is 5.91 Å². The van der Waals surface area contributed by atoms with Crippen molar-refractivity contribution in [3.63, 3.8) is 0 Å². The van der Waals surface area contributed by atoms with Gasteiger partial charge in [0.05, 0.1) is 18.0 Å². The second kappa shape index (κ2) is 7.01. The molecule has 0 aliphatic carbocycles. The number of hydrazone groups is 1. The Bertz CT molecular complexity index is 985. The Morgan fingerprint density at radius 3 is 2.65 bits per heavy atom. The molecule has 9 heteroatoms. The monoisotopic (exact) mass is 353 g/mol. The van der Waals surface area contributed by atoms with Crippen LogP contribution < -0.4 is 5.43 Å². The normalized spacial score (nSPS) is 11.0. The van der Waals surface area contributed by atoms with Crippen LogP contribution in [0.25, 0.3) is 17.1 Å². The second-order valence-corrected chi connectivity index (χ2v) is 5.53. The van der Waals surface area contributed by atoms with Gasteiger partial charge in [0.15, 0.2) is 5.76 Å². The van der Waals surface area contributed by atoms with Crippen molar-refractivity contribution in [2.75, 3.05) is 0 Å². The van der Waals surface area contributed by atoms with Crippen molar-refractivity contribution in [3.05, 3.63) is 63.8 Å². The van der Waals surface area contributed by atoms with Gasteiger partial charge in [-0.15, -0.1) is 0 Å². The van der Waals surface area contributed by atoms with E-state index >= 15 is 0 Å². The highest BCUT2D eigenvalue weighted by molar-refractivity contribution is 5.88. The first kappa shape index (κ1) is 17.1. The predicted molar refractivity (Wildman–Crippen MR) is 94.1 cm³/mol. The number of aromatic nitrogens is 2. The number of carbonyl (C=O) groups excluding carboxylic acids is 1. The summed E-state index contributed by atoms with van der Waals surface area (Å²) >= 11 is 0. The fraction of sp³-hybridized carbons (Fsp3) is 0.118. The first-order valence-electron chi connectivity index (χ1n) is 7.65. The molecule has 3 rings (SSSR count). The van der Waals surface area contributed by atoms with Crippen LogP contribution >= 0.6 is 0 Å². The summed E-state index contributed by atoms with van der Waals surface area (Å²) in [5.41, 5.74) is 5.12. The molecule has 0 saturated carbocycles. The van der Waals surface area contributed by atoms with E-state index in [0.29, 0.717) is 11.3 Å². The van der Waals surface area contributed by atoms with Gasteiger partial charge in [0, 0.05) is 18.7 Å². The Balaban J connectivity index is 2.04. The molecule has 9 nitrogen and oxygen atoms in total. The molecule has 0 aliphatic rings. The molecule has 1 amide bonds. The van der Waals surface area contributed by atoms with Crippen molar-refractivity contribution in [3.8, 4) is 17.1 Å². The summed E-state index contributed by atoms with van der Waals surface area (Å²) in [6.45, 7) is 3.32. The highest BCUT2D eigenvalue weighted by Crippen LogP contribution is 2.27. The molecule has 0 saturated heterocycles. The summed E-state index contributed by atoms with van der Waals surface area (Å²) in [7, 11) is 0. The first-order valence-corrected chi connectivity index (χ1v) is 7.65. The van der Waals surface area contributed by atoms with E-state index in [0.717, 1.165) is 11.3 Å². The zero-order valence-corrected chi connectivity index (χ0v) is 14.0. The Labute approximate surface area is 148 Å². The number of amides is 1. The highest BCUT2D eigenvalue weighted by Gasteiger charge is 2.18. The van der Waals surface area contributed by atoms with Crippen LogP contribution in [0.2, 0.25) is 0 Å². The van der Waals surface area contributed by atoms with Gasteiger partial charge in [0.25, 0.3) is 0 Å². The molecule has 0 fully saturated rings. The van der Waals surface area contributed by atoms with Crippen LogP contribution in [-0.4, -0.2) is 26.8 Å². The van der Waals surface area contributed by atoms with Crippen molar-refractivity contribution in [2.45, 2.75) is 13.8 Å². The maximum absolute atomic E-state index is 11.0. The maximum Gasteiger partial charge on any atom is 0.433 e. The molecule has 0 unspecified atom stereocenters. The third-order valence-electron chi connectivity index (χ3n) is 3.47. The quantitative estimate of drug-likeness (QED) is 0.430. The number of aryl methyl sites for hydroxylation is 1. The van der Waals surface area contributed by atoms with E-state index in [2.05, 4.69) is 15.6 Å². The van der Waals surface area contributed by atoms with Crippen LogP contribution in [0.15, 0.2) is 52.1 Å². The third-order valence-corrected chi connectivity index (χ3v) is 3.47. The van der Waals surface area contributed by atoms with Crippen LogP contribution in [0.5, 0.6) is 0 Å². The van der Waals surface area contributed by atoms with Gasteiger partial charge in [-0.05, 0) is 25.1 Å². The number of rotatable bonds is 5. The van der Waals surface area contributed by atoms with Gasteiger partial charge in [-0.1, -0.05) is 17.7 Å². The van der Waals surface area contributed by atoms with Crippen molar-refractivity contribution in [1.82, 2.24) is 15.2 Å². The van der Waals surface area contributed by atoms with Crippen molar-refractivity contribution < 1.29 is 14.1 Å². The van der Waals surface area contributed by atoms with Crippen molar-refractivity contribution in [2.24, 2.45) is 5.10 Å². The van der Waals surface area contributed by atoms with E-state index < -0.39 is 4.92 Å². The van der Waals surface area contributed by atoms with Crippen LogP contribution in [-0.2, 0) is 4.79 Å². The minimum absolute atomic E-state index is 0.229. The minimum atomic E-state index is -0.620. The molecule has 0 bridgehead atoms. The first-order chi connectivity index (χ1) is 12.4. The zero-order chi connectivity index (χ0) is 18.7. The average Bonchev–Trinajstić information content (AvgIpc) is 3.22. The minimum Gasteiger partial charge on any atom is -0.399 e. The standard InChI is InChI=1S/C17H15N5O4/c1-11-3-5-14(6-4-11)21-10-13(9-18-19-12(2)23)17(20-21)15-7-8-16(26-15)22(24)25/h3-10H,1-2H3,(H,19,23). The van der Waals surface area contributed by atoms with Gasteiger partial charge in [-0.3, -0.25) is 14.9 Å². The average molecular weight is 353 g/mol. The van der Waals surface area contributed by atoms with E-state index in [-0.39, 0.29) is 17.6 Å². The van der Waals surface area contributed by atoms with Crippen LogP contribution in [0.3, 0.4) is 0 Å². The zero-order valence-electron chi connectivity index (χ0n) is 14.0. The van der Waals surface area contributed by atoms with Gasteiger partial charge >= 0.3 is 5.88 Å². The maximum atomic E-state index is 11.0. The van der Waals surface area contributed by atoms with Crippen molar-refractivity contribution >= 4 is 18.0 Å². The number of nitro groups is 1. The molecule has 2 aromatic heterocycles. The molecule has 1 aromatic carbocycles. The SMILES string of the molecule is CC(=O)NN=Cc1cn(-c2ccc(C)cc2)nc1-c1ccc([N+](=O)[O-])o1. The largest absolute Gasteiger partial charge is 0.433 e. The topological polar surface area (TPSA) is 116 Å². The molecule has 0 spiro atoms. The van der Waals surface area contributed by atoms with Crippen LogP contribution in [0.1, 0.15) is 18.1 Å². The highest BCUT2D eigenvalue weighted by atomic mass is 16.6. The Hall–Kier alpha value is -3.75. The van der Waals surface area contributed by atoms with E-state index in [1.807, 2.05) is 31.2 Å². The molecule has 1 N–H and O–H groups in total. The summed E-state index contributed by atoms with van der Waals surface area (Å²) < 4.78 is 6.85. The third kappa shape index (κ3) is 3.66. The molecule has 0 aliphatic heterocycles. The lowest BCUT2D eigenvalue weighted by atomic mass is 10.2. The Morgan fingerprint density at radius 1 is 1.31 bits per heavy atom. The summed E-state index contributed by atoms with van der Waals surface area (Å²) in [4.78, 5) is 21.2. The second-order valence-electron chi connectivity index (χ2n) is 5.53. The number of nitrogens with zero attached hydrogens (tertiary/aromatic N) is 4. The van der Waals surface area contributed by atoms with E-state index in [9.17, 15) is 14.9 Å². The Kier molecular flexibility index (Phi) is 4.61. The van der Waals surface area contributed by atoms with Gasteiger partial charge < -0.3 is 4.42 Å². The molecular formula is C17H15N5O4. The molecule has 2 heterocycles. The smallest absolute Gasteiger partial charge is 0.399 e. The van der Waals surface area contributed by atoms with Crippen molar-refractivity contribution in [1.29, 1.82) is 0 Å². The number of nitrogens with one attached hydrogen (secondary N) is 1. The lowest BCUT2D eigenvalue weighted by Crippen LogP contribution is -2.12. The molecule has 3 aromatic rings. The van der Waals surface area contributed by atoms with Crippen LogP contribution in [0.4, 0.5) is 5.88 Å². The summed E-state index contributed by atoms with van der Waals surface area (Å²) in [5.74, 6) is -0.469. The van der Waals surface area contributed by atoms with Gasteiger partial charge in [-0.2, -0.15) is 10.2 Å². The molecule has 0 atom stereocenters. The number of benzene rings is 1. The predicted octanol–water partition coefficient (Wildman–Crippen LogP) is 2.82. The van der Waals surface area contributed by atoms with E-state index in [1.54, 1.807) is 10.9 Å². The molecular weight excluding hydrogens is 338 g/mol. The summed E-state index contributed by atoms with van der Waals surface area (Å²) in [6, 6.07) is 10.4. The van der Waals surface area contributed by atoms with E-state index in [1.165, 1.54) is 25.3 Å². The van der Waals surface area contributed by atoms with Gasteiger partial charge in [-0.25, -0.2) is 10.1 Å². The number of furan rings is 1. The molecule has 0 radical (unpaired) electrons. The fourth-order valence-corrected chi connectivity index (χ4v) is 2.25. The van der Waals surface area contributed by atoms with Gasteiger partial charge in [0.1, 0.15) is 10.6 Å². The van der Waals surface area contributed by atoms with E-state index in [4.69, 9.17) is 4.42 Å². The lowest BCUT2D eigenvalue weighted by molar-refractivity contribution is -0.401. The number of carbonyl (C=O) groups is 1. The number of hydrogen-bond donors (Lipinski definition) is 1. The molecule has 132 valence electrons. The summed E-state index contributed by atoms with van der Waals surface area (Å²) in [5, 5.41) is 19.1. The van der Waals surface area contributed by atoms with Crippen LogP contribution in [0, 0.1) is 17.0 Å².